The highest BCUT2D eigenvalue weighted by Crippen LogP contribution is 2.17. The first-order valence-electron chi connectivity index (χ1n) is 5.73. The number of rotatable bonds is 5. The van der Waals surface area contributed by atoms with Crippen LogP contribution in [0.15, 0.2) is 0 Å². The summed E-state index contributed by atoms with van der Waals surface area (Å²) >= 11 is 1.93. The Labute approximate surface area is 92.4 Å². The molecule has 1 saturated carbocycles. The Morgan fingerprint density at radius 3 is 2.93 bits per heavy atom. The fraction of sp³-hybridized carbons (Fsp3) is 1.00. The van der Waals surface area contributed by atoms with Gasteiger partial charge < -0.3 is 11.1 Å². The fourth-order valence-corrected chi connectivity index (χ4v) is 2.75. The van der Waals surface area contributed by atoms with Crippen LogP contribution in [0.2, 0.25) is 0 Å². The van der Waals surface area contributed by atoms with Gasteiger partial charge in [0.15, 0.2) is 0 Å². The Hall–Kier alpha value is 0.270. The van der Waals surface area contributed by atoms with Gasteiger partial charge in [0.25, 0.3) is 0 Å². The third-order valence-corrected chi connectivity index (χ3v) is 3.63. The molecule has 3 unspecified atom stereocenters. The molecule has 3 atom stereocenters. The molecule has 1 aliphatic rings. The Bertz CT molecular complexity index is 152. The average Bonchev–Trinajstić information content (AvgIpc) is 2.15. The fourth-order valence-electron chi connectivity index (χ4n) is 2.16. The van der Waals surface area contributed by atoms with Crippen molar-refractivity contribution >= 4 is 11.8 Å². The van der Waals surface area contributed by atoms with Crippen molar-refractivity contribution in [3.63, 3.8) is 0 Å². The summed E-state index contributed by atoms with van der Waals surface area (Å²) in [4.78, 5) is 0. The molecular formula is C11H24N2S. The van der Waals surface area contributed by atoms with Crippen molar-refractivity contribution in [1.82, 2.24) is 5.32 Å². The molecule has 0 bridgehead atoms. The predicted molar refractivity (Wildman–Crippen MR) is 65.8 cm³/mol. The second-order valence-electron chi connectivity index (χ2n) is 4.47. The maximum atomic E-state index is 5.96. The van der Waals surface area contributed by atoms with Crippen LogP contribution < -0.4 is 11.1 Å². The summed E-state index contributed by atoms with van der Waals surface area (Å²) in [6, 6.07) is 1.77. The lowest BCUT2D eigenvalue weighted by molar-refractivity contribution is 0.315. The van der Waals surface area contributed by atoms with E-state index in [1.807, 2.05) is 11.8 Å². The molecule has 0 heterocycles. The first kappa shape index (κ1) is 12.3. The Kier molecular flexibility index (Phi) is 5.90. The van der Waals surface area contributed by atoms with Crippen LogP contribution >= 0.6 is 11.8 Å². The molecule has 14 heavy (non-hydrogen) atoms. The highest BCUT2D eigenvalue weighted by Gasteiger charge is 2.19. The number of hydrogen-bond acceptors (Lipinski definition) is 3. The molecule has 0 aromatic heterocycles. The molecule has 1 fully saturated rings. The maximum absolute atomic E-state index is 5.96. The van der Waals surface area contributed by atoms with Gasteiger partial charge in [0.2, 0.25) is 0 Å². The van der Waals surface area contributed by atoms with Crippen molar-refractivity contribution in [2.45, 2.75) is 57.2 Å². The molecule has 0 radical (unpaired) electrons. The number of thioether (sulfide) groups is 1. The van der Waals surface area contributed by atoms with Crippen molar-refractivity contribution in [2.75, 3.05) is 12.0 Å². The van der Waals surface area contributed by atoms with Crippen LogP contribution in [0.3, 0.4) is 0 Å². The average molecular weight is 216 g/mol. The topological polar surface area (TPSA) is 38.0 Å². The lowest BCUT2D eigenvalue weighted by Gasteiger charge is -2.30. The van der Waals surface area contributed by atoms with Crippen molar-refractivity contribution in [1.29, 1.82) is 0 Å². The normalized spacial score (nSPS) is 30.2. The van der Waals surface area contributed by atoms with Gasteiger partial charge in [0.1, 0.15) is 0 Å². The van der Waals surface area contributed by atoms with E-state index < -0.39 is 0 Å². The smallest absolute Gasteiger partial charge is 0.00842 e. The van der Waals surface area contributed by atoms with E-state index in [0.29, 0.717) is 18.1 Å². The van der Waals surface area contributed by atoms with Crippen LogP contribution in [-0.4, -0.2) is 30.1 Å². The third-order valence-electron chi connectivity index (χ3n) is 2.99. The minimum absolute atomic E-state index is 0.439. The second-order valence-corrected chi connectivity index (χ2v) is 5.46. The first-order chi connectivity index (χ1) is 6.72. The van der Waals surface area contributed by atoms with E-state index in [-0.39, 0.29) is 0 Å². The van der Waals surface area contributed by atoms with Crippen LogP contribution in [0.1, 0.15) is 39.0 Å². The van der Waals surface area contributed by atoms with E-state index >= 15 is 0 Å². The highest BCUT2D eigenvalue weighted by atomic mass is 32.2. The molecule has 2 nitrogen and oxygen atoms in total. The van der Waals surface area contributed by atoms with Gasteiger partial charge in [-0.1, -0.05) is 6.42 Å². The van der Waals surface area contributed by atoms with Gasteiger partial charge in [-0.25, -0.2) is 0 Å². The molecule has 84 valence electrons. The molecule has 3 N–H and O–H groups in total. The van der Waals surface area contributed by atoms with Crippen LogP contribution in [0.5, 0.6) is 0 Å². The van der Waals surface area contributed by atoms with E-state index in [2.05, 4.69) is 18.5 Å². The number of nitrogens with two attached hydrogens (primary N) is 1. The molecule has 0 saturated heterocycles. The SMILES string of the molecule is CSCCC(C)NC1CCCC(N)C1. The minimum atomic E-state index is 0.439. The van der Waals surface area contributed by atoms with Crippen LogP contribution in [0.4, 0.5) is 0 Å². The highest BCUT2D eigenvalue weighted by molar-refractivity contribution is 7.98. The standard InChI is InChI=1S/C11H24N2S/c1-9(6-7-14-2)13-11-5-3-4-10(12)8-11/h9-11,13H,3-8,12H2,1-2H3. The van der Waals surface area contributed by atoms with Gasteiger partial charge >= 0.3 is 0 Å². The van der Waals surface area contributed by atoms with Crippen LogP contribution in [0, 0.1) is 0 Å². The molecule has 1 rings (SSSR count). The van der Waals surface area contributed by atoms with E-state index in [4.69, 9.17) is 5.73 Å². The molecule has 0 aromatic rings. The summed E-state index contributed by atoms with van der Waals surface area (Å²) in [6.45, 7) is 2.29. The summed E-state index contributed by atoms with van der Waals surface area (Å²) in [5.74, 6) is 1.26. The largest absolute Gasteiger partial charge is 0.328 e. The molecule has 0 aromatic carbocycles. The van der Waals surface area contributed by atoms with Crippen LogP contribution in [0.25, 0.3) is 0 Å². The predicted octanol–water partition coefficient (Wildman–Crippen LogP) is 1.99. The molecule has 1 aliphatic carbocycles. The maximum Gasteiger partial charge on any atom is 0.00842 e. The third kappa shape index (κ3) is 4.67. The van der Waals surface area contributed by atoms with Crippen molar-refractivity contribution < 1.29 is 0 Å². The Morgan fingerprint density at radius 1 is 1.50 bits per heavy atom. The van der Waals surface area contributed by atoms with Gasteiger partial charge in [0, 0.05) is 18.1 Å². The second kappa shape index (κ2) is 6.70. The number of nitrogens with one attached hydrogen (secondary N) is 1. The van der Waals surface area contributed by atoms with Crippen molar-refractivity contribution in [3.05, 3.63) is 0 Å². The summed E-state index contributed by atoms with van der Waals surface area (Å²) in [7, 11) is 0. The molecular weight excluding hydrogens is 192 g/mol. The van der Waals surface area contributed by atoms with Gasteiger partial charge in [-0.3, -0.25) is 0 Å². The van der Waals surface area contributed by atoms with Crippen molar-refractivity contribution in [2.24, 2.45) is 5.73 Å². The van der Waals surface area contributed by atoms with Crippen LogP contribution in [-0.2, 0) is 0 Å². The van der Waals surface area contributed by atoms with Gasteiger partial charge in [-0.05, 0) is 44.6 Å². The zero-order chi connectivity index (χ0) is 10.4. The molecule has 0 amide bonds. The van der Waals surface area contributed by atoms with Gasteiger partial charge in [-0.2, -0.15) is 11.8 Å². The Morgan fingerprint density at radius 2 is 2.29 bits per heavy atom. The summed E-state index contributed by atoms with van der Waals surface area (Å²) in [6.07, 6.45) is 8.45. The van der Waals surface area contributed by atoms with Crippen molar-refractivity contribution in [3.8, 4) is 0 Å². The summed E-state index contributed by atoms with van der Waals surface area (Å²) in [5.41, 5.74) is 5.96. The van der Waals surface area contributed by atoms with E-state index in [0.717, 1.165) is 0 Å². The summed E-state index contributed by atoms with van der Waals surface area (Å²) in [5, 5.41) is 3.69. The summed E-state index contributed by atoms with van der Waals surface area (Å²) < 4.78 is 0. The molecule has 3 heteroatoms. The quantitative estimate of drug-likeness (QED) is 0.738. The molecule has 0 spiro atoms. The lowest BCUT2D eigenvalue weighted by Crippen LogP contribution is -2.43. The van der Waals surface area contributed by atoms with E-state index in [1.54, 1.807) is 0 Å². The van der Waals surface area contributed by atoms with Gasteiger partial charge in [0.05, 0.1) is 0 Å². The zero-order valence-electron chi connectivity index (χ0n) is 9.46. The lowest BCUT2D eigenvalue weighted by atomic mass is 9.91. The monoisotopic (exact) mass is 216 g/mol. The first-order valence-corrected chi connectivity index (χ1v) is 7.12. The minimum Gasteiger partial charge on any atom is -0.328 e. The van der Waals surface area contributed by atoms with Gasteiger partial charge in [-0.15, -0.1) is 0 Å². The van der Waals surface area contributed by atoms with E-state index in [9.17, 15) is 0 Å². The number of hydrogen-bond donors (Lipinski definition) is 2. The Balaban J connectivity index is 2.15. The zero-order valence-corrected chi connectivity index (χ0v) is 10.3. The van der Waals surface area contributed by atoms with E-state index in [1.165, 1.54) is 37.9 Å². The molecule has 0 aliphatic heterocycles.